The molecule has 1 N–H and O–H groups in total. The molecule has 1 unspecified atom stereocenters. The maximum atomic E-state index is 14.7. The molecule has 10 heterocycles. The third-order valence-electron chi connectivity index (χ3n) is 17.9. The van der Waals surface area contributed by atoms with Crippen LogP contribution in [0.25, 0.3) is 117 Å². The Kier molecular flexibility index (Phi) is 13.9. The van der Waals surface area contributed by atoms with E-state index in [1.807, 2.05) is 82.3 Å². The molecule has 0 spiro atoms. The molecule has 2 aliphatic heterocycles. The van der Waals surface area contributed by atoms with Crippen molar-refractivity contribution in [2.24, 2.45) is 0 Å². The number of nitrogens with zero attached hydrogens (tertiary/aromatic N) is 8. The van der Waals surface area contributed by atoms with Gasteiger partial charge in [0.05, 0.1) is 65.0 Å². The summed E-state index contributed by atoms with van der Waals surface area (Å²) in [5, 5.41) is 51.5. The fourth-order valence-corrected chi connectivity index (χ4v) is 21.6. The molecule has 0 radical (unpaired) electrons. The Morgan fingerprint density at radius 1 is 0.525 bits per heavy atom. The fraction of sp³-hybridized carbons (Fsp3) is 0.123. The summed E-state index contributed by atoms with van der Waals surface area (Å²) in [6.45, 7) is 7.94. The van der Waals surface area contributed by atoms with Gasteiger partial charge < -0.3 is 24.1 Å². The van der Waals surface area contributed by atoms with E-state index in [0.717, 1.165) is 86.1 Å². The van der Waals surface area contributed by atoms with E-state index in [2.05, 4.69) is 12.1 Å². The molecule has 15 nitrogen and oxygen atoms in total. The lowest BCUT2D eigenvalue weighted by molar-refractivity contribution is 0.103. The molecular weight excluding hydrogens is 1400 g/mol. The Bertz CT molecular complexity index is 6090. The molecule has 0 fully saturated rings. The molecule has 480 valence electrons. The van der Waals surface area contributed by atoms with Gasteiger partial charge in [-0.3, -0.25) is 9.59 Å². The smallest absolute Gasteiger partial charge is 0.214 e. The second kappa shape index (κ2) is 22.2. The highest BCUT2D eigenvalue weighted by Crippen LogP contribution is 2.62. The first-order valence-corrected chi connectivity index (χ1v) is 35.5. The first-order chi connectivity index (χ1) is 47.6. The summed E-state index contributed by atoms with van der Waals surface area (Å²) in [6.07, 6.45) is 1.61. The molecule has 0 saturated heterocycles. The molecule has 8 aromatic heterocycles. The van der Waals surface area contributed by atoms with Gasteiger partial charge in [0.15, 0.2) is 29.1 Å². The largest absolute Gasteiger partial charge is 0.495 e. The van der Waals surface area contributed by atoms with Crippen molar-refractivity contribution < 1.29 is 51.2 Å². The summed E-state index contributed by atoms with van der Waals surface area (Å²) in [6, 6.07) is 29.5. The quantitative estimate of drug-likeness (QED) is 0.0845. The van der Waals surface area contributed by atoms with E-state index in [-0.39, 0.29) is 61.6 Å². The van der Waals surface area contributed by atoms with Crippen LogP contribution in [0, 0.1) is 68.6 Å². The predicted octanol–water partition coefficient (Wildman–Crippen LogP) is 19.1. The highest BCUT2D eigenvalue weighted by atomic mass is 32.1. The summed E-state index contributed by atoms with van der Waals surface area (Å²) in [4.78, 5) is 48.2. The molecule has 4 aromatic carbocycles. The molecule has 1 atom stereocenters. The van der Waals surface area contributed by atoms with Crippen molar-refractivity contribution in [1.29, 1.82) is 21.0 Å². The van der Waals surface area contributed by atoms with Crippen LogP contribution in [0.5, 0.6) is 23.0 Å². The standard InChI is InChI=1S/C73H36F4N8O7S7/c1-72(2)39-19-49(95-66(39)70-47(91-72)21-51(97-70)68-45(89-5)13-29(93-68)11-37-53(27(23-78)24-79)33-15-41(74)43(76)17-35(33)63(37)86)55-58-59(83-62-57(82-58)31-9-7-8-10-32(31)65(62)88)56(61-60(55)84-99-85-61)50-20-40-67(96-50)71-48(92-73(40,3)4)22-52(98-71)69-46(90-6)14-30(94-69)12-38-54(28(25-80)26-81)34-16-42(75)44(77)18-36(34)64(38)87/h7-22,64,87H,1-6H3/b37-11-,38-12-. The Balaban J connectivity index is 0.782. The number of aliphatic hydroxyl groups is 1. The highest BCUT2D eigenvalue weighted by molar-refractivity contribution is 7.29. The van der Waals surface area contributed by atoms with Gasteiger partial charge in [-0.2, -0.15) is 29.8 Å². The highest BCUT2D eigenvalue weighted by Gasteiger charge is 2.43. The normalized spacial score (nSPS) is 16.3. The number of ketones is 2. The molecule has 0 amide bonds. The molecule has 0 saturated carbocycles. The Morgan fingerprint density at radius 2 is 1.00 bits per heavy atom. The number of carbonyl (C=O) groups excluding carboxylic acids is 2. The monoisotopic (exact) mass is 1440 g/mol. The van der Waals surface area contributed by atoms with Crippen molar-refractivity contribution in [1.82, 2.24) is 18.7 Å². The molecule has 26 heteroatoms. The van der Waals surface area contributed by atoms with Gasteiger partial charge in [0.25, 0.3) is 0 Å². The molecule has 99 heavy (non-hydrogen) atoms. The van der Waals surface area contributed by atoms with E-state index in [4.69, 9.17) is 37.7 Å². The number of hydrogen-bond acceptors (Lipinski definition) is 22. The number of carbonyl (C=O) groups is 2. The average Bonchev–Trinajstić information content (AvgIpc) is 1.58. The Hall–Kier alpha value is -10.6. The van der Waals surface area contributed by atoms with E-state index in [9.17, 15) is 53.3 Å². The number of benzene rings is 4. The summed E-state index contributed by atoms with van der Waals surface area (Å²) in [5.41, 5.74) is 3.99. The minimum absolute atomic E-state index is 0.00301. The minimum Gasteiger partial charge on any atom is -0.495 e. The molecular formula is C73H36F4N8O7S7. The lowest BCUT2D eigenvalue weighted by Crippen LogP contribution is -2.27. The van der Waals surface area contributed by atoms with Crippen LogP contribution in [0.2, 0.25) is 0 Å². The number of allylic oxidation sites excluding steroid dienone is 4. The predicted molar refractivity (Wildman–Crippen MR) is 374 cm³/mol. The van der Waals surface area contributed by atoms with E-state index >= 15 is 0 Å². The van der Waals surface area contributed by atoms with Gasteiger partial charge in [0, 0.05) is 87.3 Å². The molecule has 12 aromatic rings. The second-order valence-corrected chi connectivity index (χ2v) is 31.2. The van der Waals surface area contributed by atoms with Gasteiger partial charge in [-0.25, -0.2) is 27.5 Å². The van der Waals surface area contributed by atoms with Gasteiger partial charge in [-0.05, 0) is 111 Å². The van der Waals surface area contributed by atoms with Crippen LogP contribution in [-0.4, -0.2) is 49.6 Å². The zero-order valence-electron chi connectivity index (χ0n) is 51.7. The lowest BCUT2D eigenvalue weighted by atomic mass is 9.93. The average molecular weight is 1440 g/mol. The maximum Gasteiger partial charge on any atom is 0.214 e. The summed E-state index contributed by atoms with van der Waals surface area (Å²) >= 11 is 9.59. The number of nitriles is 4. The van der Waals surface area contributed by atoms with E-state index in [1.54, 1.807) is 24.3 Å². The fourth-order valence-electron chi connectivity index (χ4n) is 13.5. The number of rotatable bonds is 8. The number of fused-ring (bicyclic) bond motifs is 13. The van der Waals surface area contributed by atoms with Crippen molar-refractivity contribution in [3.8, 4) is 118 Å². The summed E-state index contributed by atoms with van der Waals surface area (Å²) in [7, 11) is 3.03. The number of thiophene rings is 6. The van der Waals surface area contributed by atoms with Crippen LogP contribution in [0.15, 0.2) is 107 Å². The van der Waals surface area contributed by atoms with Gasteiger partial charge in [0.2, 0.25) is 5.78 Å². The molecule has 3 aliphatic carbocycles. The topological polar surface area (TPSA) is 238 Å². The summed E-state index contributed by atoms with van der Waals surface area (Å²) < 4.78 is 94.3. The maximum absolute atomic E-state index is 14.7. The number of methoxy groups -OCH3 is 2. The number of ether oxygens (including phenoxy) is 4. The second-order valence-electron chi connectivity index (χ2n) is 24.3. The summed E-state index contributed by atoms with van der Waals surface area (Å²) in [5.74, 6) is -3.66. The van der Waals surface area contributed by atoms with Gasteiger partial charge in [-0.1, -0.05) is 24.3 Å². The Labute approximate surface area is 585 Å². The SMILES string of the molecule is COc1cc(/C=C2/C(=C(C#N)C#N)c3cc(F)c(F)cc3C2O)sc1-c1cc2c(s1)-c1sc(-c3c4nsnc4c(-c4cc5c(s4)-c4sc(-c6sc(/C=C7\C(=O)c8cc(F)c(F)cc8C7=C(C#N)C#N)cc6OC)cc4OC5(C)C)c4nc5c(nc34)C(=O)c3ccccc3-5)cc1C(C)(C)O2. The van der Waals surface area contributed by atoms with Crippen LogP contribution in [0.3, 0.4) is 0 Å². The number of halogens is 4. The first kappa shape index (κ1) is 61.9. The molecule has 0 bridgehead atoms. The van der Waals surface area contributed by atoms with Crippen LogP contribution < -0.4 is 18.9 Å². The van der Waals surface area contributed by atoms with Crippen molar-refractivity contribution in [2.45, 2.75) is 45.0 Å². The molecule has 17 rings (SSSR count). The minimum atomic E-state index is -1.48. The van der Waals surface area contributed by atoms with Crippen molar-refractivity contribution in [2.75, 3.05) is 14.2 Å². The Morgan fingerprint density at radius 3 is 1.54 bits per heavy atom. The van der Waals surface area contributed by atoms with Crippen LogP contribution in [0.4, 0.5) is 17.6 Å². The van der Waals surface area contributed by atoms with E-state index in [0.29, 0.717) is 92.5 Å². The van der Waals surface area contributed by atoms with Crippen molar-refractivity contribution in [3.63, 3.8) is 0 Å². The van der Waals surface area contributed by atoms with Crippen LogP contribution in [0.1, 0.15) is 97.8 Å². The number of aromatic nitrogens is 4. The van der Waals surface area contributed by atoms with Gasteiger partial charge in [0.1, 0.15) is 109 Å². The van der Waals surface area contributed by atoms with Gasteiger partial charge >= 0.3 is 0 Å². The third kappa shape index (κ3) is 9.11. The lowest BCUT2D eigenvalue weighted by Gasteiger charge is -2.31. The zero-order chi connectivity index (χ0) is 68.7. The van der Waals surface area contributed by atoms with Crippen molar-refractivity contribution >= 4 is 137 Å². The number of hydrogen-bond donors (Lipinski definition) is 1. The number of aliphatic hydroxyl groups excluding tert-OH is 1. The van der Waals surface area contributed by atoms with E-state index < -0.39 is 51.9 Å². The van der Waals surface area contributed by atoms with Crippen molar-refractivity contribution in [3.05, 3.63) is 185 Å². The molecule has 5 aliphatic rings. The van der Waals surface area contributed by atoms with Gasteiger partial charge in [-0.15, -0.1) is 68.0 Å². The third-order valence-corrected chi connectivity index (χ3v) is 25.8. The van der Waals surface area contributed by atoms with Crippen LogP contribution >= 0.6 is 79.7 Å². The zero-order valence-corrected chi connectivity index (χ0v) is 57.4. The first-order valence-electron chi connectivity index (χ1n) is 29.8. The van der Waals surface area contributed by atoms with E-state index in [1.165, 1.54) is 88.3 Å². The van der Waals surface area contributed by atoms with Crippen LogP contribution in [-0.2, 0) is 11.2 Å². The number of Topliss-reactive ketones (excluding diaryl/α,β-unsaturated/α-hetero) is 1.